The first-order valence-corrected chi connectivity index (χ1v) is 19.8. The van der Waals surface area contributed by atoms with Crippen LogP contribution in [0, 0.1) is 12.3 Å². The number of alkyl carbamates (subject to hydrolysis) is 1. The number of nitrogens with one attached hydrogen (secondary N) is 4. The molecule has 284 valence electrons. The van der Waals surface area contributed by atoms with Gasteiger partial charge in [-0.15, -0.1) is 11.3 Å². The van der Waals surface area contributed by atoms with Crippen LogP contribution in [-0.2, 0) is 33.9 Å². The number of carbonyl (C=O) groups is 5. The van der Waals surface area contributed by atoms with Crippen LogP contribution >= 0.6 is 11.3 Å². The van der Waals surface area contributed by atoms with E-state index in [1.807, 2.05) is 24.4 Å². The number of anilines is 1. The summed E-state index contributed by atoms with van der Waals surface area (Å²) >= 11 is 1.40. The molecule has 3 atom stereocenters. The number of aromatic nitrogens is 1. The number of carbonyl (C=O) groups excluding carboxylic acids is 5. The van der Waals surface area contributed by atoms with Crippen molar-refractivity contribution >= 4 is 57.0 Å². The van der Waals surface area contributed by atoms with E-state index in [9.17, 15) is 32.4 Å². The Kier molecular flexibility index (Phi) is 11.0. The van der Waals surface area contributed by atoms with E-state index in [4.69, 9.17) is 9.47 Å². The fourth-order valence-electron chi connectivity index (χ4n) is 6.16. The summed E-state index contributed by atoms with van der Waals surface area (Å²) in [5.41, 5.74) is -1.15. The van der Waals surface area contributed by atoms with E-state index in [0.717, 1.165) is 5.56 Å². The van der Waals surface area contributed by atoms with E-state index in [0.29, 0.717) is 35.5 Å². The Morgan fingerprint density at radius 2 is 1.73 bits per heavy atom. The van der Waals surface area contributed by atoms with Crippen molar-refractivity contribution in [3.63, 3.8) is 0 Å². The Morgan fingerprint density at radius 3 is 2.29 bits per heavy atom. The van der Waals surface area contributed by atoms with Gasteiger partial charge in [-0.25, -0.2) is 23.0 Å². The van der Waals surface area contributed by atoms with Gasteiger partial charge in [0.25, 0.3) is 5.91 Å². The van der Waals surface area contributed by atoms with E-state index in [1.54, 1.807) is 53.8 Å². The second-order valence-electron chi connectivity index (χ2n) is 15.8. The van der Waals surface area contributed by atoms with Crippen molar-refractivity contribution in [1.29, 1.82) is 0 Å². The standard InChI is InChI=1S/C35H48N6O9S2/c1-20-9-12-23(28-36-15-16-51-28)24(17-20)37-31(45)49-21-18-25(27(42)39-35(13-8-14-35)30(44)40-52(47,48)22-10-11-22)41(19-21)29(43)26(33(2,3)4)38-32(46)50-34(5,6)7/h9,12,15-17,21-22,25-26H,8,10-11,13-14,18-19H2,1-7H3,(H,37,45)(H,38,46)(H,39,42)(H,40,44). The van der Waals surface area contributed by atoms with Crippen LogP contribution in [0.15, 0.2) is 29.8 Å². The molecule has 2 saturated carbocycles. The highest BCUT2D eigenvalue weighted by Crippen LogP contribution is 2.36. The molecular weight excluding hydrogens is 713 g/mol. The molecule has 0 bridgehead atoms. The molecule has 1 saturated heterocycles. The second kappa shape index (κ2) is 14.6. The van der Waals surface area contributed by atoms with Gasteiger partial charge in [-0.05, 0) is 82.9 Å². The van der Waals surface area contributed by atoms with Crippen LogP contribution in [-0.4, -0.2) is 89.3 Å². The van der Waals surface area contributed by atoms with Crippen LogP contribution in [0.25, 0.3) is 10.6 Å². The molecule has 15 nitrogen and oxygen atoms in total. The number of hydrogen-bond donors (Lipinski definition) is 4. The van der Waals surface area contributed by atoms with E-state index in [2.05, 4.69) is 25.7 Å². The molecule has 17 heteroatoms. The first kappa shape index (κ1) is 39.0. The summed E-state index contributed by atoms with van der Waals surface area (Å²) in [4.78, 5) is 73.6. The normalized spacial score (nSPS) is 20.6. The maximum absolute atomic E-state index is 14.4. The van der Waals surface area contributed by atoms with Gasteiger partial charge in [-0.1, -0.05) is 26.8 Å². The Bertz CT molecular complexity index is 1810. The number of aryl methyl sites for hydroxylation is 1. The third-order valence-electron chi connectivity index (χ3n) is 9.17. The number of benzene rings is 1. The Hall–Kier alpha value is -4.25. The summed E-state index contributed by atoms with van der Waals surface area (Å²) in [5.74, 6) is -2.17. The fraction of sp³-hybridized carbons (Fsp3) is 0.600. The van der Waals surface area contributed by atoms with Crippen molar-refractivity contribution in [1.82, 2.24) is 25.2 Å². The Labute approximate surface area is 308 Å². The predicted octanol–water partition coefficient (Wildman–Crippen LogP) is 4.22. The summed E-state index contributed by atoms with van der Waals surface area (Å²) in [5, 5.41) is 10.0. The summed E-state index contributed by atoms with van der Waals surface area (Å²) in [7, 11) is -3.88. The molecular formula is C35H48N6O9S2. The highest BCUT2D eigenvalue weighted by atomic mass is 32.2. The van der Waals surface area contributed by atoms with Crippen molar-refractivity contribution in [2.45, 2.75) is 122 Å². The van der Waals surface area contributed by atoms with Crippen LogP contribution < -0.4 is 20.7 Å². The highest BCUT2D eigenvalue weighted by Gasteiger charge is 2.52. The number of sulfonamides is 1. The topological polar surface area (TPSA) is 202 Å². The molecule has 3 aliphatic rings. The quantitative estimate of drug-likeness (QED) is 0.272. The molecule has 1 aromatic heterocycles. The molecule has 1 aliphatic heterocycles. The highest BCUT2D eigenvalue weighted by molar-refractivity contribution is 7.91. The van der Waals surface area contributed by atoms with Gasteiger partial charge in [0, 0.05) is 23.6 Å². The summed E-state index contributed by atoms with van der Waals surface area (Å²) in [6, 6.07) is 3.12. The largest absolute Gasteiger partial charge is 0.444 e. The SMILES string of the molecule is Cc1ccc(-c2nccs2)c(NC(=O)OC2CC(C(=O)NC3(C(=O)NS(=O)(=O)C4CC4)CCC3)N(C(=O)C(NC(=O)OC(C)(C)C)C(C)(C)C)C2)c1. The van der Waals surface area contributed by atoms with Gasteiger partial charge in [0.2, 0.25) is 21.8 Å². The zero-order chi connectivity index (χ0) is 38.2. The van der Waals surface area contributed by atoms with Crippen LogP contribution in [0.5, 0.6) is 0 Å². The zero-order valence-corrected chi connectivity index (χ0v) is 32.2. The third kappa shape index (κ3) is 9.21. The first-order valence-electron chi connectivity index (χ1n) is 17.3. The summed E-state index contributed by atoms with van der Waals surface area (Å²) < 4.78 is 38.6. The number of ether oxygens (including phenoxy) is 2. The van der Waals surface area contributed by atoms with E-state index in [1.165, 1.54) is 16.2 Å². The summed E-state index contributed by atoms with van der Waals surface area (Å²) in [6.07, 6.45) is 0.818. The molecule has 3 unspecified atom stereocenters. The lowest BCUT2D eigenvalue weighted by molar-refractivity contribution is -0.144. The van der Waals surface area contributed by atoms with Gasteiger partial charge in [0.15, 0.2) is 0 Å². The zero-order valence-electron chi connectivity index (χ0n) is 30.5. The van der Waals surface area contributed by atoms with Crippen LogP contribution in [0.4, 0.5) is 15.3 Å². The van der Waals surface area contributed by atoms with Crippen molar-refractivity contribution in [3.05, 3.63) is 35.3 Å². The molecule has 3 fully saturated rings. The number of likely N-dealkylation sites (tertiary alicyclic amines) is 1. The minimum atomic E-state index is -3.88. The van der Waals surface area contributed by atoms with Crippen molar-refractivity contribution in [2.75, 3.05) is 11.9 Å². The van der Waals surface area contributed by atoms with Gasteiger partial charge in [-0.2, -0.15) is 0 Å². The third-order valence-corrected chi connectivity index (χ3v) is 11.8. The van der Waals surface area contributed by atoms with E-state index < -0.39 is 79.9 Å². The smallest absolute Gasteiger partial charge is 0.411 e. The maximum Gasteiger partial charge on any atom is 0.411 e. The minimum absolute atomic E-state index is 0.125. The number of hydrogen-bond acceptors (Lipinski definition) is 11. The average molecular weight is 761 g/mol. The van der Waals surface area contributed by atoms with Gasteiger partial charge in [0.05, 0.1) is 17.5 Å². The van der Waals surface area contributed by atoms with E-state index in [-0.39, 0.29) is 25.8 Å². The van der Waals surface area contributed by atoms with Gasteiger partial charge in [0.1, 0.15) is 34.3 Å². The fourth-order valence-corrected chi connectivity index (χ4v) is 8.21. The molecule has 0 spiro atoms. The van der Waals surface area contributed by atoms with E-state index >= 15 is 0 Å². The monoisotopic (exact) mass is 760 g/mol. The molecule has 5 amide bonds. The number of thiazole rings is 1. The summed E-state index contributed by atoms with van der Waals surface area (Å²) in [6.45, 7) is 12.0. The molecule has 4 N–H and O–H groups in total. The van der Waals surface area contributed by atoms with Gasteiger partial charge < -0.3 is 25.0 Å². The molecule has 52 heavy (non-hydrogen) atoms. The molecule has 5 rings (SSSR count). The van der Waals surface area contributed by atoms with Crippen LogP contribution in [0.2, 0.25) is 0 Å². The Balaban J connectivity index is 1.38. The minimum Gasteiger partial charge on any atom is -0.444 e. The second-order valence-corrected chi connectivity index (χ2v) is 18.7. The number of nitrogens with zero attached hydrogens (tertiary/aromatic N) is 2. The van der Waals surface area contributed by atoms with Crippen molar-refractivity contribution in [3.8, 4) is 10.6 Å². The number of amides is 5. The maximum atomic E-state index is 14.4. The molecule has 2 heterocycles. The molecule has 2 aliphatic carbocycles. The molecule has 0 radical (unpaired) electrons. The lowest BCUT2D eigenvalue weighted by atomic mass is 9.76. The Morgan fingerprint density at radius 1 is 1.04 bits per heavy atom. The van der Waals surface area contributed by atoms with Gasteiger partial charge in [-0.3, -0.25) is 24.4 Å². The van der Waals surface area contributed by atoms with Crippen LogP contribution in [0.1, 0.15) is 85.6 Å². The first-order chi connectivity index (χ1) is 24.2. The molecule has 1 aromatic carbocycles. The van der Waals surface area contributed by atoms with Crippen molar-refractivity contribution < 1.29 is 41.9 Å². The van der Waals surface area contributed by atoms with Gasteiger partial charge >= 0.3 is 12.2 Å². The lowest BCUT2D eigenvalue weighted by Gasteiger charge is -2.42. The van der Waals surface area contributed by atoms with Crippen LogP contribution in [0.3, 0.4) is 0 Å². The lowest BCUT2D eigenvalue weighted by Crippen LogP contribution is -2.66. The number of rotatable bonds is 10. The molecule has 2 aromatic rings. The van der Waals surface area contributed by atoms with Crippen molar-refractivity contribution in [2.24, 2.45) is 5.41 Å². The average Bonchev–Trinajstić information content (AvgIpc) is 3.58. The predicted molar refractivity (Wildman–Crippen MR) is 194 cm³/mol.